The van der Waals surface area contributed by atoms with Crippen LogP contribution in [0.2, 0.25) is 0 Å². The smallest absolute Gasteiger partial charge is 0.258 e. The average Bonchev–Trinajstić information content (AvgIpc) is 2.74. The van der Waals surface area contributed by atoms with E-state index in [0.717, 1.165) is 0 Å². The number of benzene rings is 2. The normalized spacial score (nSPS) is 12.8. The van der Waals surface area contributed by atoms with Crippen LogP contribution < -0.4 is 0 Å². The molecular formula is C20H10N4O4S. The van der Waals surface area contributed by atoms with Crippen LogP contribution in [-0.2, 0) is 0 Å². The molecule has 0 saturated heterocycles. The summed E-state index contributed by atoms with van der Waals surface area (Å²) in [6.07, 6.45) is 3.34. The van der Waals surface area contributed by atoms with Crippen molar-refractivity contribution in [3.63, 3.8) is 0 Å². The number of hydrogen-bond acceptors (Lipinski definition) is 7. The number of allylic oxidation sites excluding steroid dienone is 4. The van der Waals surface area contributed by atoms with Crippen molar-refractivity contribution in [2.45, 2.75) is 0 Å². The first-order chi connectivity index (χ1) is 13.9. The first-order valence-corrected chi connectivity index (χ1v) is 8.90. The van der Waals surface area contributed by atoms with Gasteiger partial charge in [0.25, 0.3) is 11.4 Å². The minimum atomic E-state index is -0.497. The van der Waals surface area contributed by atoms with Gasteiger partial charge in [-0.05, 0) is 47.5 Å². The van der Waals surface area contributed by atoms with E-state index >= 15 is 0 Å². The third-order valence-electron chi connectivity index (χ3n) is 4.03. The van der Waals surface area contributed by atoms with Gasteiger partial charge in [0, 0.05) is 39.6 Å². The predicted molar refractivity (Wildman–Crippen MR) is 108 cm³/mol. The fourth-order valence-corrected chi connectivity index (χ4v) is 3.70. The summed E-state index contributed by atoms with van der Waals surface area (Å²) in [5.74, 6) is 0. The second-order valence-electron chi connectivity index (χ2n) is 5.78. The fourth-order valence-electron chi connectivity index (χ4n) is 2.58. The minimum absolute atomic E-state index is 0.0493. The second kappa shape index (κ2) is 8.21. The van der Waals surface area contributed by atoms with Crippen molar-refractivity contribution < 1.29 is 9.85 Å². The van der Waals surface area contributed by atoms with E-state index in [1.165, 1.54) is 36.0 Å². The summed E-state index contributed by atoms with van der Waals surface area (Å²) in [5.41, 5.74) is 1.58. The number of thioether (sulfide) groups is 1. The quantitative estimate of drug-likeness (QED) is 0.400. The first kappa shape index (κ1) is 19.5. The highest BCUT2D eigenvalue weighted by Gasteiger charge is 2.18. The maximum Gasteiger partial charge on any atom is 0.269 e. The van der Waals surface area contributed by atoms with Crippen LogP contribution in [0.3, 0.4) is 0 Å². The lowest BCUT2D eigenvalue weighted by Gasteiger charge is -2.17. The highest BCUT2D eigenvalue weighted by atomic mass is 32.2. The Bertz CT molecular complexity index is 1090. The van der Waals surface area contributed by atoms with E-state index in [9.17, 15) is 30.8 Å². The van der Waals surface area contributed by atoms with Gasteiger partial charge in [0.2, 0.25) is 0 Å². The lowest BCUT2D eigenvalue weighted by Crippen LogP contribution is -1.95. The van der Waals surface area contributed by atoms with Crippen LogP contribution in [-0.4, -0.2) is 9.85 Å². The van der Waals surface area contributed by atoms with Crippen LogP contribution in [0.5, 0.6) is 0 Å². The first-order valence-electron chi connectivity index (χ1n) is 8.08. The summed E-state index contributed by atoms with van der Waals surface area (Å²) in [6.45, 7) is 0. The molecule has 0 bridgehead atoms. The number of rotatable bonds is 4. The van der Waals surface area contributed by atoms with Gasteiger partial charge in [-0.25, -0.2) is 0 Å². The van der Waals surface area contributed by atoms with Gasteiger partial charge in [-0.3, -0.25) is 20.2 Å². The molecule has 9 heteroatoms. The number of nitro benzene ring substituents is 2. The van der Waals surface area contributed by atoms with E-state index in [2.05, 4.69) is 0 Å². The molecule has 0 unspecified atom stereocenters. The van der Waals surface area contributed by atoms with Crippen LogP contribution in [0.25, 0.3) is 9.81 Å². The number of non-ortho nitro benzene ring substituents is 2. The summed E-state index contributed by atoms with van der Waals surface area (Å²) in [7, 11) is 0. The third-order valence-corrected chi connectivity index (χ3v) is 5.18. The van der Waals surface area contributed by atoms with Crippen LogP contribution >= 0.6 is 11.8 Å². The lowest BCUT2D eigenvalue weighted by molar-refractivity contribution is -0.385. The van der Waals surface area contributed by atoms with Crippen LogP contribution in [0.1, 0.15) is 11.1 Å². The average molecular weight is 402 g/mol. The topological polar surface area (TPSA) is 134 Å². The van der Waals surface area contributed by atoms with E-state index < -0.39 is 9.85 Å². The van der Waals surface area contributed by atoms with E-state index in [4.69, 9.17) is 0 Å². The second-order valence-corrected chi connectivity index (χ2v) is 6.86. The largest absolute Gasteiger partial charge is 0.269 e. The van der Waals surface area contributed by atoms with Crippen molar-refractivity contribution in [2.24, 2.45) is 0 Å². The monoisotopic (exact) mass is 402 g/mol. The maximum absolute atomic E-state index is 10.9. The molecule has 2 aromatic rings. The molecule has 8 nitrogen and oxygen atoms in total. The highest BCUT2D eigenvalue weighted by Crippen LogP contribution is 2.44. The maximum atomic E-state index is 10.9. The Kier molecular flexibility index (Phi) is 5.54. The van der Waals surface area contributed by atoms with Crippen molar-refractivity contribution in [2.75, 3.05) is 0 Å². The third kappa shape index (κ3) is 4.21. The molecule has 0 saturated carbocycles. The molecule has 29 heavy (non-hydrogen) atoms. The molecule has 3 rings (SSSR count). The molecule has 1 heterocycles. The molecule has 0 amide bonds. The van der Waals surface area contributed by atoms with Crippen molar-refractivity contribution in [1.82, 2.24) is 0 Å². The SMILES string of the molecule is N#CC(C#N)=C1C=C(c2ccc([N+](=O)[O-])cc2)SC(c2ccc([N+](=O)[O-])cc2)=C1. The zero-order valence-corrected chi connectivity index (χ0v) is 15.4. The highest BCUT2D eigenvalue weighted by molar-refractivity contribution is 8.16. The van der Waals surface area contributed by atoms with Gasteiger partial charge in [0.05, 0.1) is 9.85 Å². The Morgan fingerprint density at radius 2 is 1.14 bits per heavy atom. The van der Waals surface area contributed by atoms with Gasteiger partial charge in [-0.1, -0.05) is 11.8 Å². The van der Waals surface area contributed by atoms with E-state index in [1.54, 1.807) is 36.4 Å². The summed E-state index contributed by atoms with van der Waals surface area (Å²) < 4.78 is 0. The Morgan fingerprint density at radius 3 is 1.45 bits per heavy atom. The van der Waals surface area contributed by atoms with Gasteiger partial charge in [0.15, 0.2) is 0 Å². The van der Waals surface area contributed by atoms with Crippen LogP contribution in [0.4, 0.5) is 11.4 Å². The number of nitriles is 2. The number of hydrogen-bond donors (Lipinski definition) is 0. The minimum Gasteiger partial charge on any atom is -0.258 e. The standard InChI is InChI=1S/C20H10N4O4S/c21-11-16(12-22)15-9-19(13-1-5-17(6-2-13)23(25)26)29-20(10-15)14-3-7-18(8-4-14)24(27)28/h1-10H. The van der Waals surface area contributed by atoms with Gasteiger partial charge in [0.1, 0.15) is 17.7 Å². The molecule has 0 N–H and O–H groups in total. The van der Waals surface area contributed by atoms with E-state index in [1.807, 2.05) is 12.1 Å². The van der Waals surface area contributed by atoms with Gasteiger partial charge >= 0.3 is 0 Å². The molecule has 0 spiro atoms. The zero-order valence-electron chi connectivity index (χ0n) is 14.6. The Balaban J connectivity index is 2.06. The predicted octanol–water partition coefficient (Wildman–Crippen LogP) is 4.98. The van der Waals surface area contributed by atoms with Crippen LogP contribution in [0.15, 0.2) is 71.8 Å². The summed E-state index contributed by atoms with van der Waals surface area (Å²) >= 11 is 1.34. The van der Waals surface area contributed by atoms with Gasteiger partial charge in [-0.2, -0.15) is 10.5 Å². The fraction of sp³-hybridized carbons (Fsp3) is 0. The molecule has 1 aliphatic heterocycles. The zero-order chi connectivity index (χ0) is 21.0. The molecule has 0 radical (unpaired) electrons. The molecule has 0 aliphatic carbocycles. The number of nitro groups is 2. The molecular weight excluding hydrogens is 392 g/mol. The molecule has 0 fully saturated rings. The Hall–Kier alpha value is -4.21. The van der Waals surface area contributed by atoms with Crippen molar-refractivity contribution in [3.8, 4) is 12.1 Å². The van der Waals surface area contributed by atoms with Crippen molar-refractivity contribution in [3.05, 3.63) is 103 Å². The molecule has 2 aromatic carbocycles. The van der Waals surface area contributed by atoms with E-state index in [-0.39, 0.29) is 16.9 Å². The summed E-state index contributed by atoms with van der Waals surface area (Å²) in [4.78, 5) is 22.1. The molecule has 1 aliphatic rings. The van der Waals surface area contributed by atoms with E-state index in [0.29, 0.717) is 26.5 Å². The molecule has 140 valence electrons. The van der Waals surface area contributed by atoms with Gasteiger partial charge < -0.3 is 0 Å². The summed E-state index contributed by atoms with van der Waals surface area (Å²) in [6, 6.07) is 15.6. The van der Waals surface area contributed by atoms with Crippen molar-refractivity contribution >= 4 is 32.9 Å². The van der Waals surface area contributed by atoms with Crippen molar-refractivity contribution in [1.29, 1.82) is 10.5 Å². The lowest BCUT2D eigenvalue weighted by atomic mass is 10.0. The molecule has 0 aromatic heterocycles. The van der Waals surface area contributed by atoms with Crippen LogP contribution in [0, 0.1) is 42.9 Å². The van der Waals surface area contributed by atoms with Gasteiger partial charge in [-0.15, -0.1) is 0 Å². The number of nitrogens with zero attached hydrogens (tertiary/aromatic N) is 4. The Labute approximate surface area is 169 Å². The Morgan fingerprint density at radius 1 is 0.759 bits per heavy atom. The molecule has 0 atom stereocenters. The summed E-state index contributed by atoms with van der Waals surface area (Å²) in [5, 5.41) is 40.2.